The van der Waals surface area contributed by atoms with Crippen molar-refractivity contribution in [3.05, 3.63) is 82.1 Å². The molecule has 2 nitrogen and oxygen atoms in total. The number of allylic oxidation sites excluding steroid dienone is 2. The fourth-order valence-electron chi connectivity index (χ4n) is 3.52. The largest absolute Gasteiger partial charge is 0.416 e. The van der Waals surface area contributed by atoms with Crippen LogP contribution in [0.1, 0.15) is 40.5 Å². The van der Waals surface area contributed by atoms with Crippen molar-refractivity contribution < 1.29 is 26.3 Å². The molecular weight excluding hydrogens is 382 g/mol. The molecule has 0 saturated heterocycles. The molecule has 1 aliphatic carbocycles. The molecule has 0 fully saturated rings. The lowest BCUT2D eigenvalue weighted by Gasteiger charge is -2.22. The quantitative estimate of drug-likeness (QED) is 0.659. The molecule has 0 amide bonds. The fraction of sp³-hybridized carbons (Fsp3) is 0.250. The molecule has 0 bridgehead atoms. The van der Waals surface area contributed by atoms with Crippen LogP contribution >= 0.6 is 0 Å². The second kappa shape index (κ2) is 6.89. The van der Waals surface area contributed by atoms with Gasteiger partial charge in [0.15, 0.2) is 0 Å². The van der Waals surface area contributed by atoms with Crippen LogP contribution in [0.25, 0.3) is 0 Å². The van der Waals surface area contributed by atoms with Crippen molar-refractivity contribution in [2.75, 3.05) is 0 Å². The maximum Gasteiger partial charge on any atom is 0.416 e. The van der Waals surface area contributed by atoms with Gasteiger partial charge in [-0.1, -0.05) is 24.3 Å². The topological polar surface area (TPSA) is 49.8 Å². The van der Waals surface area contributed by atoms with Crippen LogP contribution in [0.3, 0.4) is 0 Å². The summed E-state index contributed by atoms with van der Waals surface area (Å²) in [6.45, 7) is 0. The fourth-order valence-corrected chi connectivity index (χ4v) is 3.52. The first-order chi connectivity index (χ1) is 13.0. The van der Waals surface area contributed by atoms with Gasteiger partial charge in [-0.3, -0.25) is 0 Å². The zero-order valence-electron chi connectivity index (χ0n) is 14.3. The van der Waals surface area contributed by atoms with E-state index in [1.807, 2.05) is 6.07 Å². The van der Waals surface area contributed by atoms with Gasteiger partial charge in [0, 0.05) is 17.5 Å². The van der Waals surface area contributed by atoms with Crippen molar-refractivity contribution in [1.82, 2.24) is 0 Å². The zero-order chi connectivity index (χ0) is 20.7. The van der Waals surface area contributed by atoms with Crippen LogP contribution in [-0.4, -0.2) is 0 Å². The lowest BCUT2D eigenvalue weighted by molar-refractivity contribution is -0.138. The van der Waals surface area contributed by atoms with E-state index in [0.29, 0.717) is 11.1 Å². The molecule has 2 aromatic rings. The Labute approximate surface area is 156 Å². The number of rotatable bonds is 2. The number of alkyl halides is 6. The molecule has 3 rings (SSSR count). The lowest BCUT2D eigenvalue weighted by atomic mass is 9.80. The van der Waals surface area contributed by atoms with Crippen molar-refractivity contribution >= 4 is 0 Å². The molecule has 0 heterocycles. The molecular formula is C20H14F6N2. The van der Waals surface area contributed by atoms with Gasteiger partial charge in [-0.15, -0.1) is 0 Å². The smallest absolute Gasteiger partial charge is 0.401 e. The second-order valence-corrected chi connectivity index (χ2v) is 6.58. The normalized spacial score (nSPS) is 20.3. The van der Waals surface area contributed by atoms with E-state index >= 15 is 0 Å². The molecule has 8 heteroatoms. The Hall–Kier alpha value is -2.95. The molecule has 2 atom stereocenters. The van der Waals surface area contributed by atoms with Gasteiger partial charge in [-0.2, -0.15) is 31.6 Å². The third-order valence-corrected chi connectivity index (χ3v) is 4.88. The summed E-state index contributed by atoms with van der Waals surface area (Å²) >= 11 is 0. The molecule has 2 aromatic carbocycles. The van der Waals surface area contributed by atoms with Crippen LogP contribution in [0.2, 0.25) is 0 Å². The van der Waals surface area contributed by atoms with Crippen molar-refractivity contribution in [2.45, 2.75) is 30.6 Å². The minimum Gasteiger partial charge on any atom is -0.401 e. The zero-order valence-corrected chi connectivity index (χ0v) is 14.3. The Morgan fingerprint density at radius 3 is 1.61 bits per heavy atom. The third-order valence-electron chi connectivity index (χ3n) is 4.88. The molecule has 0 unspecified atom stereocenters. The molecule has 28 heavy (non-hydrogen) atoms. The van der Waals surface area contributed by atoms with E-state index < -0.39 is 35.3 Å². The predicted molar refractivity (Wildman–Crippen MR) is 89.8 cm³/mol. The summed E-state index contributed by atoms with van der Waals surface area (Å²) in [4.78, 5) is 0. The van der Waals surface area contributed by atoms with Crippen molar-refractivity contribution in [2.24, 2.45) is 5.73 Å². The number of halogens is 6. The van der Waals surface area contributed by atoms with Gasteiger partial charge < -0.3 is 5.73 Å². The van der Waals surface area contributed by atoms with Gasteiger partial charge in [0.25, 0.3) is 0 Å². The van der Waals surface area contributed by atoms with E-state index in [9.17, 15) is 31.6 Å². The van der Waals surface area contributed by atoms with Crippen LogP contribution < -0.4 is 5.73 Å². The first-order valence-corrected chi connectivity index (χ1v) is 8.25. The number of benzene rings is 2. The summed E-state index contributed by atoms with van der Waals surface area (Å²) in [7, 11) is 0. The highest BCUT2D eigenvalue weighted by Crippen LogP contribution is 2.48. The second-order valence-electron chi connectivity index (χ2n) is 6.58. The van der Waals surface area contributed by atoms with E-state index in [2.05, 4.69) is 0 Å². The lowest BCUT2D eigenvalue weighted by Crippen LogP contribution is -2.11. The minimum absolute atomic E-state index is 0.227. The van der Waals surface area contributed by atoms with Gasteiger partial charge >= 0.3 is 12.4 Å². The van der Waals surface area contributed by atoms with Gasteiger partial charge in [-0.05, 0) is 41.8 Å². The van der Waals surface area contributed by atoms with Crippen molar-refractivity contribution in [1.29, 1.82) is 5.26 Å². The average molecular weight is 396 g/mol. The SMILES string of the molecule is N#CC1=C(N)C[C@@H](c2ccc(C(F)(F)F)cc2)[C@@H]1c1ccc(C(F)(F)F)cc1. The van der Waals surface area contributed by atoms with Crippen LogP contribution in [0.15, 0.2) is 59.8 Å². The van der Waals surface area contributed by atoms with E-state index in [-0.39, 0.29) is 17.7 Å². The average Bonchev–Trinajstić information content (AvgIpc) is 2.97. The van der Waals surface area contributed by atoms with E-state index in [0.717, 1.165) is 24.3 Å². The standard InChI is InChI=1S/C20H14F6N2/c21-19(22,23)13-5-1-11(2-6-13)15-9-17(28)16(10-27)18(15)12-3-7-14(8-4-12)20(24,25)26/h1-8,15,18H,9,28H2/t15-,18-/m0/s1. The minimum atomic E-state index is -4.49. The Kier molecular flexibility index (Phi) is 4.88. The number of nitrogens with two attached hydrogens (primary N) is 1. The summed E-state index contributed by atoms with van der Waals surface area (Å²) in [5.41, 5.74) is 5.82. The van der Waals surface area contributed by atoms with Crippen molar-refractivity contribution in [3.63, 3.8) is 0 Å². The number of hydrogen-bond donors (Lipinski definition) is 1. The third kappa shape index (κ3) is 3.70. The summed E-state index contributed by atoms with van der Waals surface area (Å²) in [6, 6.07) is 10.9. The molecule has 1 aliphatic rings. The Balaban J connectivity index is 1.99. The van der Waals surface area contributed by atoms with Gasteiger partial charge in [-0.25, -0.2) is 0 Å². The highest BCUT2D eigenvalue weighted by molar-refractivity contribution is 5.49. The summed E-state index contributed by atoms with van der Waals surface area (Å²) < 4.78 is 76.8. The number of nitrogens with zero attached hydrogens (tertiary/aromatic N) is 1. The molecule has 2 N–H and O–H groups in total. The summed E-state index contributed by atoms with van der Waals surface area (Å²) in [6.07, 6.45) is -8.73. The Morgan fingerprint density at radius 1 is 0.786 bits per heavy atom. The van der Waals surface area contributed by atoms with Crippen LogP contribution in [-0.2, 0) is 12.4 Å². The first kappa shape index (κ1) is 19.8. The number of nitriles is 1. The summed E-state index contributed by atoms with van der Waals surface area (Å²) in [5, 5.41) is 9.45. The maximum atomic E-state index is 12.8. The molecule has 146 valence electrons. The van der Waals surface area contributed by atoms with Crippen LogP contribution in [0, 0.1) is 11.3 Å². The Morgan fingerprint density at radius 2 is 1.21 bits per heavy atom. The Bertz CT molecular complexity index is 931. The predicted octanol–water partition coefficient (Wildman–Crippen LogP) is 5.73. The van der Waals surface area contributed by atoms with E-state index in [1.54, 1.807) is 0 Å². The van der Waals surface area contributed by atoms with Crippen molar-refractivity contribution in [3.8, 4) is 6.07 Å². The van der Waals surface area contributed by atoms with Gasteiger partial charge in [0.2, 0.25) is 0 Å². The first-order valence-electron chi connectivity index (χ1n) is 8.25. The monoisotopic (exact) mass is 396 g/mol. The van der Waals surface area contributed by atoms with E-state index in [4.69, 9.17) is 5.73 Å². The van der Waals surface area contributed by atoms with E-state index in [1.165, 1.54) is 24.3 Å². The number of hydrogen-bond acceptors (Lipinski definition) is 2. The van der Waals surface area contributed by atoms with Crippen LogP contribution in [0.4, 0.5) is 26.3 Å². The maximum absolute atomic E-state index is 12.8. The van der Waals surface area contributed by atoms with Crippen LogP contribution in [0.5, 0.6) is 0 Å². The molecule has 0 aliphatic heterocycles. The molecule has 0 aromatic heterocycles. The molecule has 0 spiro atoms. The highest BCUT2D eigenvalue weighted by atomic mass is 19.4. The summed E-state index contributed by atoms with van der Waals surface area (Å²) in [5.74, 6) is -1.06. The van der Waals surface area contributed by atoms with Gasteiger partial charge in [0.1, 0.15) is 0 Å². The molecule has 0 saturated carbocycles. The van der Waals surface area contributed by atoms with Gasteiger partial charge in [0.05, 0.1) is 22.8 Å². The highest BCUT2D eigenvalue weighted by Gasteiger charge is 2.38. The molecule has 0 radical (unpaired) electrons.